The van der Waals surface area contributed by atoms with E-state index in [2.05, 4.69) is 25.8 Å². The van der Waals surface area contributed by atoms with Gasteiger partial charge >= 0.3 is 0 Å². The Balaban J connectivity index is 1.82. The summed E-state index contributed by atoms with van der Waals surface area (Å²) in [4.78, 5) is 2.58. The van der Waals surface area contributed by atoms with Crippen LogP contribution in [0.5, 0.6) is 0 Å². The highest BCUT2D eigenvalue weighted by molar-refractivity contribution is 4.92. The van der Waals surface area contributed by atoms with E-state index in [1.165, 1.54) is 51.4 Å². The van der Waals surface area contributed by atoms with Gasteiger partial charge < -0.3 is 10.6 Å². The van der Waals surface area contributed by atoms with Gasteiger partial charge in [0.2, 0.25) is 0 Å². The molecule has 0 bridgehead atoms. The van der Waals surface area contributed by atoms with Gasteiger partial charge in [-0.05, 0) is 62.9 Å². The Bertz CT molecular complexity index is 256. The number of rotatable bonds is 4. The minimum Gasteiger partial charge on any atom is -0.330 e. The molecule has 2 aliphatic carbocycles. The van der Waals surface area contributed by atoms with Gasteiger partial charge in [0.15, 0.2) is 0 Å². The third kappa shape index (κ3) is 3.27. The van der Waals surface area contributed by atoms with Gasteiger partial charge in [0.25, 0.3) is 0 Å². The standard InChI is InChI=1S/C16H32N2/c1-15(2,12-17)13-18(3)14-6-10-16(11-7-14)8-4-5-9-16/h14H,4-13,17H2,1-3H3. The fourth-order valence-corrected chi connectivity index (χ4v) is 4.15. The predicted molar refractivity (Wildman–Crippen MR) is 78.6 cm³/mol. The molecule has 2 rings (SSSR count). The van der Waals surface area contributed by atoms with Gasteiger partial charge in [-0.15, -0.1) is 0 Å². The van der Waals surface area contributed by atoms with Crippen molar-refractivity contribution in [1.29, 1.82) is 0 Å². The van der Waals surface area contributed by atoms with Crippen LogP contribution in [0, 0.1) is 10.8 Å². The summed E-state index contributed by atoms with van der Waals surface area (Å²) in [6.45, 7) is 6.49. The molecule has 0 atom stereocenters. The normalized spacial score (nSPS) is 25.2. The molecule has 0 amide bonds. The van der Waals surface area contributed by atoms with E-state index < -0.39 is 0 Å². The third-order valence-corrected chi connectivity index (χ3v) is 5.53. The number of nitrogens with two attached hydrogens (primary N) is 1. The lowest BCUT2D eigenvalue weighted by molar-refractivity contribution is 0.0844. The van der Waals surface area contributed by atoms with Crippen molar-refractivity contribution >= 4 is 0 Å². The molecule has 0 aromatic rings. The molecule has 106 valence electrons. The molecule has 2 fully saturated rings. The van der Waals surface area contributed by atoms with Crippen LogP contribution < -0.4 is 5.73 Å². The van der Waals surface area contributed by atoms with Crippen LogP contribution in [-0.4, -0.2) is 31.1 Å². The first-order valence-corrected chi connectivity index (χ1v) is 7.87. The zero-order valence-corrected chi connectivity index (χ0v) is 12.7. The van der Waals surface area contributed by atoms with Crippen LogP contribution in [0.2, 0.25) is 0 Å². The molecule has 2 N–H and O–H groups in total. The van der Waals surface area contributed by atoms with Crippen molar-refractivity contribution in [2.24, 2.45) is 16.6 Å². The van der Waals surface area contributed by atoms with Crippen LogP contribution in [0.3, 0.4) is 0 Å². The molecule has 18 heavy (non-hydrogen) atoms. The lowest BCUT2D eigenvalue weighted by Gasteiger charge is -2.42. The highest BCUT2D eigenvalue weighted by Crippen LogP contribution is 2.49. The van der Waals surface area contributed by atoms with Crippen molar-refractivity contribution < 1.29 is 0 Å². The molecule has 2 heteroatoms. The summed E-state index contributed by atoms with van der Waals surface area (Å²) in [5.74, 6) is 0. The SMILES string of the molecule is CN(CC(C)(C)CN)C1CCC2(CCCC2)CC1. The summed E-state index contributed by atoms with van der Waals surface area (Å²) in [6.07, 6.45) is 11.8. The Labute approximate surface area is 113 Å². The third-order valence-electron chi connectivity index (χ3n) is 5.53. The maximum Gasteiger partial charge on any atom is 0.00928 e. The van der Waals surface area contributed by atoms with Gasteiger partial charge in [0, 0.05) is 12.6 Å². The zero-order chi connectivity index (χ0) is 13.2. The van der Waals surface area contributed by atoms with Crippen LogP contribution in [0.4, 0.5) is 0 Å². The molecule has 0 aromatic carbocycles. The maximum atomic E-state index is 5.85. The van der Waals surface area contributed by atoms with Crippen molar-refractivity contribution in [3.05, 3.63) is 0 Å². The highest BCUT2D eigenvalue weighted by Gasteiger charge is 2.38. The van der Waals surface area contributed by atoms with Crippen molar-refractivity contribution in [3.8, 4) is 0 Å². The Hall–Kier alpha value is -0.0800. The van der Waals surface area contributed by atoms with Crippen molar-refractivity contribution in [2.45, 2.75) is 71.3 Å². The molecule has 2 nitrogen and oxygen atoms in total. The average molecular weight is 252 g/mol. The molecule has 0 radical (unpaired) electrons. The molecule has 0 aliphatic heterocycles. The second-order valence-electron chi connectivity index (χ2n) is 7.72. The summed E-state index contributed by atoms with van der Waals surface area (Å²) >= 11 is 0. The van der Waals surface area contributed by atoms with E-state index in [9.17, 15) is 0 Å². The lowest BCUT2D eigenvalue weighted by atomic mass is 9.71. The Morgan fingerprint density at radius 2 is 1.67 bits per heavy atom. The van der Waals surface area contributed by atoms with E-state index >= 15 is 0 Å². The molecule has 0 aromatic heterocycles. The van der Waals surface area contributed by atoms with Crippen molar-refractivity contribution in [2.75, 3.05) is 20.1 Å². The monoisotopic (exact) mass is 252 g/mol. The molecular formula is C16H32N2. The summed E-state index contributed by atoms with van der Waals surface area (Å²) in [5.41, 5.74) is 6.88. The van der Waals surface area contributed by atoms with E-state index in [1.807, 2.05) is 0 Å². The van der Waals surface area contributed by atoms with Crippen molar-refractivity contribution in [1.82, 2.24) is 4.90 Å². The number of hydrogen-bond donors (Lipinski definition) is 1. The molecule has 2 aliphatic rings. The molecule has 0 saturated heterocycles. The smallest absolute Gasteiger partial charge is 0.00928 e. The largest absolute Gasteiger partial charge is 0.330 e. The Morgan fingerprint density at radius 3 is 2.17 bits per heavy atom. The molecule has 0 unspecified atom stereocenters. The van der Waals surface area contributed by atoms with Crippen LogP contribution in [0.1, 0.15) is 65.2 Å². The second-order valence-corrected chi connectivity index (χ2v) is 7.72. The summed E-state index contributed by atoms with van der Waals surface area (Å²) < 4.78 is 0. The highest BCUT2D eigenvalue weighted by atomic mass is 15.1. The Morgan fingerprint density at radius 1 is 1.11 bits per heavy atom. The second kappa shape index (κ2) is 5.50. The van der Waals surface area contributed by atoms with Gasteiger partial charge in [-0.3, -0.25) is 0 Å². The molecule has 1 spiro atoms. The first kappa shape index (κ1) is 14.3. The fourth-order valence-electron chi connectivity index (χ4n) is 4.15. The van der Waals surface area contributed by atoms with E-state index in [0.717, 1.165) is 24.5 Å². The predicted octanol–water partition coefficient (Wildman–Crippen LogP) is 3.41. The quantitative estimate of drug-likeness (QED) is 0.831. The fraction of sp³-hybridized carbons (Fsp3) is 1.00. The van der Waals surface area contributed by atoms with Crippen LogP contribution in [-0.2, 0) is 0 Å². The first-order chi connectivity index (χ1) is 8.46. The molecule has 2 saturated carbocycles. The summed E-state index contributed by atoms with van der Waals surface area (Å²) in [6, 6.07) is 0.807. The number of hydrogen-bond acceptors (Lipinski definition) is 2. The summed E-state index contributed by atoms with van der Waals surface area (Å²) in [5, 5.41) is 0. The maximum absolute atomic E-state index is 5.85. The topological polar surface area (TPSA) is 29.3 Å². The minimum atomic E-state index is 0.261. The van der Waals surface area contributed by atoms with E-state index in [0.29, 0.717) is 0 Å². The van der Waals surface area contributed by atoms with Gasteiger partial charge in [-0.25, -0.2) is 0 Å². The molecule has 0 heterocycles. The van der Waals surface area contributed by atoms with E-state index in [1.54, 1.807) is 0 Å². The van der Waals surface area contributed by atoms with Gasteiger partial charge in [-0.1, -0.05) is 26.7 Å². The van der Waals surface area contributed by atoms with Crippen molar-refractivity contribution in [3.63, 3.8) is 0 Å². The van der Waals surface area contributed by atoms with Crippen LogP contribution in [0.25, 0.3) is 0 Å². The van der Waals surface area contributed by atoms with Crippen LogP contribution in [0.15, 0.2) is 0 Å². The zero-order valence-electron chi connectivity index (χ0n) is 12.7. The number of nitrogens with zero attached hydrogens (tertiary/aromatic N) is 1. The van der Waals surface area contributed by atoms with E-state index in [-0.39, 0.29) is 5.41 Å². The summed E-state index contributed by atoms with van der Waals surface area (Å²) in [7, 11) is 2.30. The van der Waals surface area contributed by atoms with E-state index in [4.69, 9.17) is 5.73 Å². The minimum absolute atomic E-state index is 0.261. The average Bonchev–Trinajstić information content (AvgIpc) is 2.78. The molecular weight excluding hydrogens is 220 g/mol. The van der Waals surface area contributed by atoms with Gasteiger partial charge in [0.05, 0.1) is 0 Å². The lowest BCUT2D eigenvalue weighted by Crippen LogP contribution is -2.44. The van der Waals surface area contributed by atoms with Gasteiger partial charge in [0.1, 0.15) is 0 Å². The van der Waals surface area contributed by atoms with Gasteiger partial charge in [-0.2, -0.15) is 0 Å². The van der Waals surface area contributed by atoms with Crippen LogP contribution >= 0.6 is 0 Å². The first-order valence-electron chi connectivity index (χ1n) is 7.87. The Kier molecular flexibility index (Phi) is 4.38.